The maximum Gasteiger partial charge on any atom is 0.355 e. The van der Waals surface area contributed by atoms with Gasteiger partial charge in [-0.2, -0.15) is 0 Å². The number of thioether (sulfide) groups is 1. The summed E-state index contributed by atoms with van der Waals surface area (Å²) in [6.07, 6.45) is -0.791. The third-order valence-electron chi connectivity index (χ3n) is 3.65. The summed E-state index contributed by atoms with van der Waals surface area (Å²) in [5.74, 6) is -1.51. The maximum absolute atomic E-state index is 12.6. The van der Waals surface area contributed by atoms with E-state index in [0.717, 1.165) is 0 Å². The van der Waals surface area contributed by atoms with Gasteiger partial charge in [0.1, 0.15) is 17.9 Å². The van der Waals surface area contributed by atoms with Gasteiger partial charge in [-0.3, -0.25) is 14.5 Å². The molecule has 3 atom stereocenters. The SMILES string of the molecule is CC(=O)OCC1=C(C(=O)OC(C)(C)C)N2C(=O)[C@@H](C(C)O)[C@H]2SC1. The Kier molecular flexibility index (Phi) is 5.29. The fraction of sp³-hybridized carbons (Fsp3) is 0.688. The van der Waals surface area contributed by atoms with Crippen molar-refractivity contribution in [1.82, 2.24) is 4.90 Å². The van der Waals surface area contributed by atoms with Gasteiger partial charge in [0.05, 0.1) is 17.4 Å². The number of amides is 1. The summed E-state index contributed by atoms with van der Waals surface area (Å²) in [6.45, 7) is 8.00. The first kappa shape index (κ1) is 18.8. The molecule has 7 nitrogen and oxygen atoms in total. The molecule has 134 valence electrons. The molecule has 0 spiro atoms. The number of hydrogen-bond donors (Lipinski definition) is 1. The summed E-state index contributed by atoms with van der Waals surface area (Å²) < 4.78 is 10.4. The van der Waals surface area contributed by atoms with Crippen molar-refractivity contribution in [3.63, 3.8) is 0 Å². The van der Waals surface area contributed by atoms with E-state index >= 15 is 0 Å². The lowest BCUT2D eigenvalue weighted by Crippen LogP contribution is -2.64. The van der Waals surface area contributed by atoms with E-state index in [0.29, 0.717) is 11.3 Å². The monoisotopic (exact) mass is 357 g/mol. The largest absolute Gasteiger partial charge is 0.461 e. The topological polar surface area (TPSA) is 93.1 Å². The van der Waals surface area contributed by atoms with Gasteiger partial charge in [0, 0.05) is 18.2 Å². The molecule has 1 saturated heterocycles. The van der Waals surface area contributed by atoms with Gasteiger partial charge in [-0.25, -0.2) is 4.79 Å². The highest BCUT2D eigenvalue weighted by molar-refractivity contribution is 8.00. The third-order valence-corrected chi connectivity index (χ3v) is 5.01. The number of hydrogen-bond acceptors (Lipinski definition) is 7. The Morgan fingerprint density at radius 2 is 2.04 bits per heavy atom. The second-order valence-corrected chi connectivity index (χ2v) is 8.02. The molecule has 0 bridgehead atoms. The molecular weight excluding hydrogens is 334 g/mol. The molecule has 1 unspecified atom stereocenters. The quantitative estimate of drug-likeness (QED) is 0.594. The number of rotatable bonds is 4. The van der Waals surface area contributed by atoms with E-state index in [1.165, 1.54) is 23.6 Å². The van der Waals surface area contributed by atoms with Crippen molar-refractivity contribution >= 4 is 29.6 Å². The maximum atomic E-state index is 12.6. The third kappa shape index (κ3) is 3.75. The molecule has 0 aromatic rings. The Labute approximate surface area is 145 Å². The molecule has 0 aromatic carbocycles. The van der Waals surface area contributed by atoms with Crippen LogP contribution in [-0.2, 0) is 23.9 Å². The number of aliphatic hydroxyl groups is 1. The molecule has 1 fully saturated rings. The molecule has 0 saturated carbocycles. The number of carbonyl (C=O) groups excluding carboxylic acids is 3. The minimum atomic E-state index is -0.791. The van der Waals surface area contributed by atoms with Crippen molar-refractivity contribution in [2.24, 2.45) is 5.92 Å². The zero-order valence-corrected chi connectivity index (χ0v) is 15.3. The summed E-state index contributed by atoms with van der Waals surface area (Å²) >= 11 is 1.44. The van der Waals surface area contributed by atoms with E-state index in [4.69, 9.17) is 9.47 Å². The molecule has 24 heavy (non-hydrogen) atoms. The van der Waals surface area contributed by atoms with Crippen LogP contribution < -0.4 is 0 Å². The predicted octanol–water partition coefficient (Wildman–Crippen LogP) is 1.06. The minimum Gasteiger partial charge on any atom is -0.461 e. The number of ether oxygens (including phenoxy) is 2. The zero-order valence-electron chi connectivity index (χ0n) is 14.5. The lowest BCUT2D eigenvalue weighted by molar-refractivity contribution is -0.163. The van der Waals surface area contributed by atoms with Gasteiger partial charge in [0.2, 0.25) is 5.91 Å². The van der Waals surface area contributed by atoms with Crippen molar-refractivity contribution < 1.29 is 29.0 Å². The number of nitrogens with zero attached hydrogens (tertiary/aromatic N) is 1. The highest BCUT2D eigenvalue weighted by Crippen LogP contribution is 2.45. The summed E-state index contributed by atoms with van der Waals surface area (Å²) in [5, 5.41) is 9.47. The fourth-order valence-corrected chi connectivity index (χ4v) is 4.14. The van der Waals surface area contributed by atoms with Crippen molar-refractivity contribution in [2.75, 3.05) is 12.4 Å². The molecule has 1 N–H and O–H groups in total. The van der Waals surface area contributed by atoms with Crippen LogP contribution in [0.1, 0.15) is 34.6 Å². The van der Waals surface area contributed by atoms with Gasteiger partial charge in [0.15, 0.2) is 0 Å². The minimum absolute atomic E-state index is 0.0627. The summed E-state index contributed by atoms with van der Waals surface area (Å²) in [6, 6.07) is 0. The van der Waals surface area contributed by atoms with Gasteiger partial charge >= 0.3 is 11.9 Å². The van der Waals surface area contributed by atoms with E-state index in [-0.39, 0.29) is 23.6 Å². The van der Waals surface area contributed by atoms with Crippen LogP contribution in [-0.4, -0.2) is 57.3 Å². The highest BCUT2D eigenvalue weighted by atomic mass is 32.2. The zero-order chi connectivity index (χ0) is 18.2. The molecular formula is C16H23NO6S. The normalized spacial score (nSPS) is 24.9. The van der Waals surface area contributed by atoms with E-state index in [1.54, 1.807) is 27.7 Å². The van der Waals surface area contributed by atoms with Crippen molar-refractivity contribution in [1.29, 1.82) is 0 Å². The number of β-lactam (4-membered cyclic amide) rings is 1. The molecule has 2 aliphatic heterocycles. The predicted molar refractivity (Wildman–Crippen MR) is 87.8 cm³/mol. The lowest BCUT2D eigenvalue weighted by Gasteiger charge is -2.51. The first-order valence-electron chi connectivity index (χ1n) is 7.74. The van der Waals surface area contributed by atoms with Gasteiger partial charge in [-0.1, -0.05) is 0 Å². The second-order valence-electron chi connectivity index (χ2n) is 6.91. The Balaban J connectivity index is 2.32. The Hall–Kier alpha value is -1.54. The highest BCUT2D eigenvalue weighted by Gasteiger charge is 2.55. The number of esters is 2. The lowest BCUT2D eigenvalue weighted by atomic mass is 9.91. The fourth-order valence-electron chi connectivity index (χ4n) is 2.64. The van der Waals surface area contributed by atoms with Crippen LogP contribution in [0.15, 0.2) is 11.3 Å². The van der Waals surface area contributed by atoms with Crippen LogP contribution >= 0.6 is 11.8 Å². The van der Waals surface area contributed by atoms with Gasteiger partial charge in [-0.05, 0) is 27.7 Å². The van der Waals surface area contributed by atoms with E-state index in [9.17, 15) is 19.5 Å². The molecule has 0 aliphatic carbocycles. The molecule has 8 heteroatoms. The van der Waals surface area contributed by atoms with E-state index < -0.39 is 29.6 Å². The molecule has 2 rings (SSSR count). The Morgan fingerprint density at radius 1 is 1.42 bits per heavy atom. The first-order chi connectivity index (χ1) is 11.0. The van der Waals surface area contributed by atoms with Crippen molar-refractivity contribution in [3.8, 4) is 0 Å². The molecule has 2 heterocycles. The molecule has 0 radical (unpaired) electrons. The second kappa shape index (κ2) is 6.76. The average molecular weight is 357 g/mol. The number of fused-ring (bicyclic) bond motifs is 1. The van der Waals surface area contributed by atoms with Gasteiger partial charge in [-0.15, -0.1) is 11.8 Å². The first-order valence-corrected chi connectivity index (χ1v) is 8.79. The van der Waals surface area contributed by atoms with E-state index in [1.807, 2.05) is 0 Å². The number of carbonyl (C=O) groups is 3. The average Bonchev–Trinajstić information content (AvgIpc) is 2.41. The van der Waals surface area contributed by atoms with Crippen LogP contribution in [0.2, 0.25) is 0 Å². The smallest absolute Gasteiger partial charge is 0.355 e. The van der Waals surface area contributed by atoms with Crippen LogP contribution in [0, 0.1) is 5.92 Å². The summed E-state index contributed by atoms with van der Waals surface area (Å²) in [7, 11) is 0. The van der Waals surface area contributed by atoms with Crippen molar-refractivity contribution in [3.05, 3.63) is 11.3 Å². The standard InChI is InChI=1S/C16H23NO6S/c1-8(18)11-13(20)17-12(15(21)23-16(3,4)5)10(6-22-9(2)19)7-24-14(11)17/h8,11,14,18H,6-7H2,1-5H3/t8?,11-,14-/m1/s1. The van der Waals surface area contributed by atoms with Crippen LogP contribution in [0.4, 0.5) is 0 Å². The Morgan fingerprint density at radius 3 is 2.54 bits per heavy atom. The Bertz CT molecular complexity index is 592. The molecule has 1 amide bonds. The summed E-state index contributed by atoms with van der Waals surface area (Å²) in [5.41, 5.74) is -0.0381. The van der Waals surface area contributed by atoms with Gasteiger partial charge < -0.3 is 14.6 Å². The van der Waals surface area contributed by atoms with Gasteiger partial charge in [0.25, 0.3) is 0 Å². The van der Waals surface area contributed by atoms with E-state index in [2.05, 4.69) is 0 Å². The van der Waals surface area contributed by atoms with Crippen LogP contribution in [0.5, 0.6) is 0 Å². The van der Waals surface area contributed by atoms with Crippen LogP contribution in [0.25, 0.3) is 0 Å². The molecule has 0 aromatic heterocycles. The van der Waals surface area contributed by atoms with Crippen LogP contribution in [0.3, 0.4) is 0 Å². The molecule has 2 aliphatic rings. The number of aliphatic hydroxyl groups excluding tert-OH is 1. The van der Waals surface area contributed by atoms with Crippen molar-refractivity contribution in [2.45, 2.75) is 51.7 Å². The summed E-state index contributed by atoms with van der Waals surface area (Å²) in [4.78, 5) is 37.4.